The lowest BCUT2D eigenvalue weighted by molar-refractivity contribution is -0.139. The number of carbonyl (C=O) groups excluding carboxylic acids is 2. The topological polar surface area (TPSA) is 132 Å². The van der Waals surface area contributed by atoms with Crippen LogP contribution in [-0.2, 0) is 47.4 Å². The monoisotopic (exact) mass is 732 g/mol. The third-order valence-corrected chi connectivity index (χ3v) is 8.82. The molecule has 0 unspecified atom stereocenters. The Morgan fingerprint density at radius 3 is 2.48 bits per heavy atom. The Balaban J connectivity index is 1.25. The molecular formula is C34H31F7N8O3. The zero-order valence-corrected chi connectivity index (χ0v) is 27.5. The number of nitrogens with two attached hydrogens (primary N) is 1. The van der Waals surface area contributed by atoms with Crippen LogP contribution in [0.1, 0.15) is 57.6 Å². The second kappa shape index (κ2) is 14.0. The molecule has 2 aliphatic rings. The van der Waals surface area contributed by atoms with Gasteiger partial charge in [-0.15, -0.1) is 0 Å². The molecule has 0 aliphatic carbocycles. The van der Waals surface area contributed by atoms with Crippen molar-refractivity contribution >= 4 is 17.8 Å². The summed E-state index contributed by atoms with van der Waals surface area (Å²) in [6.45, 7) is 0.299. The molecule has 2 aliphatic heterocycles. The zero-order valence-electron chi connectivity index (χ0n) is 27.5. The number of hydrogen-bond donors (Lipinski definition) is 1. The van der Waals surface area contributed by atoms with Gasteiger partial charge >= 0.3 is 12.4 Å². The molecule has 274 valence electrons. The van der Waals surface area contributed by atoms with E-state index in [9.17, 15) is 40.3 Å². The highest BCUT2D eigenvalue weighted by molar-refractivity contribution is 6.07. The van der Waals surface area contributed by atoms with Crippen LogP contribution in [0, 0.1) is 5.82 Å². The van der Waals surface area contributed by atoms with Gasteiger partial charge in [0.15, 0.2) is 17.3 Å². The Labute approximate surface area is 291 Å². The highest BCUT2D eigenvalue weighted by Gasteiger charge is 2.49. The number of ether oxygens (including phenoxy) is 1. The molecular weight excluding hydrogens is 701 g/mol. The van der Waals surface area contributed by atoms with Crippen molar-refractivity contribution < 1.29 is 45.1 Å². The molecule has 4 aromatic rings. The summed E-state index contributed by atoms with van der Waals surface area (Å²) in [5.74, 6) is -2.54. The first-order chi connectivity index (χ1) is 24.6. The molecule has 52 heavy (non-hydrogen) atoms. The molecule has 4 heterocycles. The van der Waals surface area contributed by atoms with Gasteiger partial charge in [0.25, 0.3) is 11.8 Å². The summed E-state index contributed by atoms with van der Waals surface area (Å²) in [5.41, 5.74) is 4.03. The number of guanidine groups is 1. The van der Waals surface area contributed by atoms with E-state index in [-0.39, 0.29) is 24.2 Å². The van der Waals surface area contributed by atoms with E-state index < -0.39 is 78.4 Å². The Bertz CT molecular complexity index is 2010. The number of methoxy groups -OCH3 is 1. The standard InChI is InChI=1S/C34H31F7N8O3/c1-52-12-11-48-18-22(15-44-48)28-43-14-21-17-47(19-27(21)45-28)29(50)25-13-20(3-8-26(25)34(39,40)41)16-49-30(51)32(46-31(49)42,9-2-10-33(36,37)38)23-4-6-24(35)7-5-23/h3-8,13-15,18H,2,9-12,16-17,19H2,1H3,(H2,42,46)/t32-/m1/s1. The lowest BCUT2D eigenvalue weighted by atomic mass is 9.84. The summed E-state index contributed by atoms with van der Waals surface area (Å²) >= 11 is 0. The number of alkyl halides is 6. The second-order valence-corrected chi connectivity index (χ2v) is 12.4. The summed E-state index contributed by atoms with van der Waals surface area (Å²) in [6.07, 6.45) is -6.84. The van der Waals surface area contributed by atoms with Crippen molar-refractivity contribution in [2.75, 3.05) is 13.7 Å². The first-order valence-corrected chi connectivity index (χ1v) is 15.9. The van der Waals surface area contributed by atoms with E-state index in [2.05, 4.69) is 20.1 Å². The van der Waals surface area contributed by atoms with E-state index in [1.54, 1.807) is 24.2 Å². The van der Waals surface area contributed by atoms with Crippen LogP contribution in [0.4, 0.5) is 30.7 Å². The van der Waals surface area contributed by atoms with Crippen LogP contribution in [0.5, 0.6) is 0 Å². The quantitative estimate of drug-likeness (QED) is 0.199. The largest absolute Gasteiger partial charge is 0.417 e. The molecule has 1 atom stereocenters. The summed E-state index contributed by atoms with van der Waals surface area (Å²) in [7, 11) is 1.56. The summed E-state index contributed by atoms with van der Waals surface area (Å²) in [6, 6.07) is 7.28. The molecule has 2 N–H and O–H groups in total. The summed E-state index contributed by atoms with van der Waals surface area (Å²) < 4.78 is 102. The first kappa shape index (κ1) is 36.4. The van der Waals surface area contributed by atoms with E-state index in [4.69, 9.17) is 10.5 Å². The van der Waals surface area contributed by atoms with E-state index in [1.165, 1.54) is 23.2 Å². The van der Waals surface area contributed by atoms with Gasteiger partial charge in [0.1, 0.15) is 5.82 Å². The number of carbonyl (C=O) groups is 2. The van der Waals surface area contributed by atoms with Crippen LogP contribution in [-0.4, -0.2) is 67.2 Å². The second-order valence-electron chi connectivity index (χ2n) is 12.4. The van der Waals surface area contributed by atoms with Crippen molar-refractivity contribution in [1.29, 1.82) is 0 Å². The predicted octanol–water partition coefficient (Wildman–Crippen LogP) is 5.59. The van der Waals surface area contributed by atoms with Crippen molar-refractivity contribution in [2.45, 2.75) is 63.3 Å². The first-order valence-electron chi connectivity index (χ1n) is 15.9. The van der Waals surface area contributed by atoms with E-state index >= 15 is 0 Å². The molecule has 18 heteroatoms. The average molecular weight is 733 g/mol. The minimum Gasteiger partial charge on any atom is -0.383 e. The number of aliphatic imine (C=N–C) groups is 1. The molecule has 2 aromatic heterocycles. The van der Waals surface area contributed by atoms with Gasteiger partial charge in [0.2, 0.25) is 0 Å². The zero-order chi connectivity index (χ0) is 37.4. The summed E-state index contributed by atoms with van der Waals surface area (Å²) in [5, 5.41) is 4.23. The number of amides is 2. The van der Waals surface area contributed by atoms with E-state index in [0.29, 0.717) is 35.8 Å². The molecule has 0 saturated heterocycles. The van der Waals surface area contributed by atoms with Crippen LogP contribution < -0.4 is 5.73 Å². The third kappa shape index (κ3) is 7.46. The van der Waals surface area contributed by atoms with Crippen molar-refractivity contribution in [2.24, 2.45) is 10.7 Å². The fourth-order valence-corrected chi connectivity index (χ4v) is 6.24. The summed E-state index contributed by atoms with van der Waals surface area (Å²) in [4.78, 5) is 42.9. The highest BCUT2D eigenvalue weighted by atomic mass is 19.4. The maximum atomic E-state index is 14.2. The molecule has 11 nitrogen and oxygen atoms in total. The van der Waals surface area contributed by atoms with Crippen LogP contribution in [0.3, 0.4) is 0 Å². The minimum absolute atomic E-state index is 0.0641. The van der Waals surface area contributed by atoms with Gasteiger partial charge in [0, 0.05) is 38.0 Å². The number of rotatable bonds is 11. The molecule has 2 aromatic carbocycles. The van der Waals surface area contributed by atoms with Gasteiger partial charge in [-0.2, -0.15) is 31.4 Å². The number of aromatic nitrogens is 4. The number of hydrogen-bond acceptors (Lipinski definition) is 8. The smallest absolute Gasteiger partial charge is 0.383 e. The lowest BCUT2D eigenvalue weighted by Gasteiger charge is -2.27. The van der Waals surface area contributed by atoms with Crippen LogP contribution >= 0.6 is 0 Å². The molecule has 0 fully saturated rings. The molecule has 0 saturated carbocycles. The van der Waals surface area contributed by atoms with Crippen LogP contribution in [0.15, 0.2) is 66.0 Å². The fourth-order valence-electron chi connectivity index (χ4n) is 6.24. The molecule has 0 bridgehead atoms. The van der Waals surface area contributed by atoms with E-state index in [0.717, 1.165) is 35.2 Å². The van der Waals surface area contributed by atoms with Crippen LogP contribution in [0.25, 0.3) is 11.4 Å². The highest BCUT2D eigenvalue weighted by Crippen LogP contribution is 2.40. The average Bonchev–Trinajstić information content (AvgIpc) is 3.80. The Morgan fingerprint density at radius 2 is 1.79 bits per heavy atom. The Morgan fingerprint density at radius 1 is 1.04 bits per heavy atom. The van der Waals surface area contributed by atoms with Crippen molar-refractivity contribution in [3.8, 4) is 11.4 Å². The van der Waals surface area contributed by atoms with Gasteiger partial charge in [0.05, 0.1) is 54.8 Å². The van der Waals surface area contributed by atoms with Gasteiger partial charge < -0.3 is 15.4 Å². The molecule has 0 spiro atoms. The number of halogens is 7. The normalized spacial score (nSPS) is 17.5. The van der Waals surface area contributed by atoms with Gasteiger partial charge in [-0.1, -0.05) is 18.2 Å². The number of nitrogens with zero attached hydrogens (tertiary/aromatic N) is 7. The SMILES string of the molecule is COCCn1cc(-c2ncc3c(n2)CN(C(=O)c2cc(CN4C(=O)[C@@](CCCC(F)(F)F)(c5ccc(F)cc5)N=C4N)ccc2C(F)(F)F)C3)cn1. The predicted molar refractivity (Wildman–Crippen MR) is 170 cm³/mol. The fraction of sp³-hybridized carbons (Fsp3) is 0.353. The van der Waals surface area contributed by atoms with Gasteiger partial charge in [-0.05, 0) is 48.2 Å². The number of benzene rings is 2. The maximum absolute atomic E-state index is 14.2. The molecule has 0 radical (unpaired) electrons. The van der Waals surface area contributed by atoms with Gasteiger partial charge in [-0.25, -0.2) is 19.4 Å². The van der Waals surface area contributed by atoms with Crippen molar-refractivity contribution in [1.82, 2.24) is 29.5 Å². The van der Waals surface area contributed by atoms with Gasteiger partial charge in [-0.3, -0.25) is 19.2 Å². The minimum atomic E-state index is -4.92. The third-order valence-electron chi connectivity index (χ3n) is 8.82. The molecule has 2 amide bonds. The lowest BCUT2D eigenvalue weighted by Crippen LogP contribution is -2.42. The Hall–Kier alpha value is -5.39. The van der Waals surface area contributed by atoms with Crippen molar-refractivity contribution in [3.63, 3.8) is 0 Å². The molecule has 6 rings (SSSR count). The Kier molecular flexibility index (Phi) is 9.78. The van der Waals surface area contributed by atoms with E-state index in [1.807, 2.05) is 0 Å². The maximum Gasteiger partial charge on any atom is 0.417 e. The number of fused-ring (bicyclic) bond motifs is 1. The van der Waals surface area contributed by atoms with Crippen LogP contribution in [0.2, 0.25) is 0 Å². The van der Waals surface area contributed by atoms with Crippen molar-refractivity contribution in [3.05, 3.63) is 100 Å².